The van der Waals surface area contributed by atoms with E-state index >= 15 is 0 Å². The SMILES string of the molecule is CCNC(=NCCc1ccc(Cl)cc1)N1CC[C@@H](O)C1. The fourth-order valence-corrected chi connectivity index (χ4v) is 2.43. The lowest BCUT2D eigenvalue weighted by Gasteiger charge is -2.20. The quantitative estimate of drug-likeness (QED) is 0.659. The standard InChI is InChI=1S/C15H22ClN3O/c1-2-17-15(19-10-8-14(20)11-19)18-9-7-12-3-5-13(16)6-4-12/h3-6,14,20H,2,7-11H2,1H3,(H,17,18)/t14-/m1/s1. The molecule has 0 saturated carbocycles. The number of β-amino-alcohol motifs (C(OH)–C–C–N with tert-alkyl or cyclic N) is 1. The molecule has 1 aromatic carbocycles. The summed E-state index contributed by atoms with van der Waals surface area (Å²) in [6.45, 7) is 5.17. The third-order valence-electron chi connectivity index (χ3n) is 3.37. The van der Waals surface area contributed by atoms with Crippen LogP contribution in [0, 0.1) is 0 Å². The number of benzene rings is 1. The van der Waals surface area contributed by atoms with Crippen molar-refractivity contribution < 1.29 is 5.11 Å². The molecule has 110 valence electrons. The molecule has 2 rings (SSSR count). The number of hydrogen-bond donors (Lipinski definition) is 2. The molecule has 0 amide bonds. The van der Waals surface area contributed by atoms with E-state index in [1.54, 1.807) is 0 Å². The lowest BCUT2D eigenvalue weighted by molar-refractivity contribution is 0.188. The van der Waals surface area contributed by atoms with Crippen LogP contribution in [0.3, 0.4) is 0 Å². The van der Waals surface area contributed by atoms with Gasteiger partial charge in [0.05, 0.1) is 6.10 Å². The Bertz CT molecular complexity index is 447. The highest BCUT2D eigenvalue weighted by atomic mass is 35.5. The molecule has 0 radical (unpaired) electrons. The summed E-state index contributed by atoms with van der Waals surface area (Å²) >= 11 is 5.87. The maximum Gasteiger partial charge on any atom is 0.194 e. The lowest BCUT2D eigenvalue weighted by atomic mass is 10.1. The van der Waals surface area contributed by atoms with Crippen LogP contribution in [-0.4, -0.2) is 48.2 Å². The molecule has 1 aliphatic rings. The Morgan fingerprint density at radius 3 is 2.80 bits per heavy atom. The molecular weight excluding hydrogens is 274 g/mol. The second kappa shape index (κ2) is 7.50. The molecule has 1 fully saturated rings. The Balaban J connectivity index is 1.90. The first kappa shape index (κ1) is 15.1. The zero-order chi connectivity index (χ0) is 14.4. The molecule has 0 aromatic heterocycles. The minimum atomic E-state index is -0.227. The highest BCUT2D eigenvalue weighted by Gasteiger charge is 2.22. The largest absolute Gasteiger partial charge is 0.391 e. The summed E-state index contributed by atoms with van der Waals surface area (Å²) in [6, 6.07) is 7.88. The Morgan fingerprint density at radius 1 is 1.45 bits per heavy atom. The molecule has 1 saturated heterocycles. The van der Waals surface area contributed by atoms with Crippen LogP contribution in [0.4, 0.5) is 0 Å². The van der Waals surface area contributed by atoms with Gasteiger partial charge in [0.15, 0.2) is 5.96 Å². The van der Waals surface area contributed by atoms with E-state index in [4.69, 9.17) is 11.6 Å². The van der Waals surface area contributed by atoms with E-state index in [1.807, 2.05) is 24.3 Å². The zero-order valence-electron chi connectivity index (χ0n) is 11.8. The van der Waals surface area contributed by atoms with E-state index in [1.165, 1.54) is 5.56 Å². The first-order chi connectivity index (χ1) is 9.69. The minimum Gasteiger partial charge on any atom is -0.391 e. The van der Waals surface area contributed by atoms with Gasteiger partial charge >= 0.3 is 0 Å². The van der Waals surface area contributed by atoms with Crippen molar-refractivity contribution in [2.45, 2.75) is 25.9 Å². The Hall–Kier alpha value is -1.26. The first-order valence-electron chi connectivity index (χ1n) is 7.15. The van der Waals surface area contributed by atoms with Crippen LogP contribution >= 0.6 is 11.6 Å². The molecule has 20 heavy (non-hydrogen) atoms. The number of rotatable bonds is 4. The molecule has 5 heteroatoms. The summed E-state index contributed by atoms with van der Waals surface area (Å²) in [7, 11) is 0. The molecule has 0 aliphatic carbocycles. The van der Waals surface area contributed by atoms with Crippen LogP contribution in [0.25, 0.3) is 0 Å². The second-order valence-corrected chi connectivity index (χ2v) is 5.44. The Morgan fingerprint density at radius 2 is 2.20 bits per heavy atom. The van der Waals surface area contributed by atoms with Crippen molar-refractivity contribution >= 4 is 17.6 Å². The molecule has 0 spiro atoms. The smallest absolute Gasteiger partial charge is 0.194 e. The van der Waals surface area contributed by atoms with Crippen LogP contribution < -0.4 is 5.32 Å². The van der Waals surface area contributed by atoms with Gasteiger partial charge in [-0.25, -0.2) is 0 Å². The van der Waals surface area contributed by atoms with E-state index in [0.717, 1.165) is 43.5 Å². The van der Waals surface area contributed by atoms with Crippen molar-refractivity contribution in [3.8, 4) is 0 Å². The number of guanidine groups is 1. The fraction of sp³-hybridized carbons (Fsp3) is 0.533. The van der Waals surface area contributed by atoms with Crippen LogP contribution in [-0.2, 0) is 6.42 Å². The lowest BCUT2D eigenvalue weighted by Crippen LogP contribution is -2.40. The molecule has 2 N–H and O–H groups in total. The van der Waals surface area contributed by atoms with Crippen molar-refractivity contribution in [2.24, 2.45) is 4.99 Å². The summed E-state index contributed by atoms with van der Waals surface area (Å²) in [5.41, 5.74) is 1.23. The molecule has 4 nitrogen and oxygen atoms in total. The fourth-order valence-electron chi connectivity index (χ4n) is 2.30. The van der Waals surface area contributed by atoms with Crippen molar-refractivity contribution in [3.05, 3.63) is 34.9 Å². The van der Waals surface area contributed by atoms with Gasteiger partial charge in [-0.1, -0.05) is 23.7 Å². The first-order valence-corrected chi connectivity index (χ1v) is 7.52. The van der Waals surface area contributed by atoms with Gasteiger partial charge in [0, 0.05) is 31.2 Å². The third kappa shape index (κ3) is 4.39. The van der Waals surface area contributed by atoms with Crippen LogP contribution in [0.5, 0.6) is 0 Å². The molecule has 0 bridgehead atoms. The molecular formula is C15H22ClN3O. The van der Waals surface area contributed by atoms with E-state index < -0.39 is 0 Å². The van der Waals surface area contributed by atoms with E-state index in [9.17, 15) is 5.11 Å². The third-order valence-corrected chi connectivity index (χ3v) is 3.63. The van der Waals surface area contributed by atoms with Crippen LogP contribution in [0.2, 0.25) is 5.02 Å². The van der Waals surface area contributed by atoms with Gasteiger partial charge in [-0.3, -0.25) is 4.99 Å². The maximum atomic E-state index is 9.61. The van der Waals surface area contributed by atoms with Gasteiger partial charge in [-0.05, 0) is 37.5 Å². The van der Waals surface area contributed by atoms with E-state index in [2.05, 4.69) is 22.1 Å². The average molecular weight is 296 g/mol. The van der Waals surface area contributed by atoms with Gasteiger partial charge in [0.25, 0.3) is 0 Å². The topological polar surface area (TPSA) is 47.9 Å². The number of nitrogens with zero attached hydrogens (tertiary/aromatic N) is 2. The van der Waals surface area contributed by atoms with Crippen LogP contribution in [0.15, 0.2) is 29.3 Å². The van der Waals surface area contributed by atoms with Gasteiger partial charge in [0.2, 0.25) is 0 Å². The Labute approximate surface area is 125 Å². The van der Waals surface area contributed by atoms with Crippen molar-refractivity contribution in [1.29, 1.82) is 0 Å². The summed E-state index contributed by atoms with van der Waals surface area (Å²) in [4.78, 5) is 6.76. The Kier molecular flexibility index (Phi) is 5.68. The zero-order valence-corrected chi connectivity index (χ0v) is 12.6. The van der Waals surface area contributed by atoms with Crippen molar-refractivity contribution in [2.75, 3.05) is 26.2 Å². The summed E-state index contributed by atoms with van der Waals surface area (Å²) in [5, 5.41) is 13.7. The average Bonchev–Trinajstić information content (AvgIpc) is 2.86. The number of aliphatic hydroxyl groups excluding tert-OH is 1. The molecule has 0 unspecified atom stereocenters. The maximum absolute atomic E-state index is 9.61. The highest BCUT2D eigenvalue weighted by Crippen LogP contribution is 2.11. The number of likely N-dealkylation sites (tertiary alicyclic amines) is 1. The monoisotopic (exact) mass is 295 g/mol. The van der Waals surface area contributed by atoms with E-state index in [0.29, 0.717) is 6.54 Å². The predicted molar refractivity (Wildman–Crippen MR) is 83.3 cm³/mol. The number of halogens is 1. The second-order valence-electron chi connectivity index (χ2n) is 5.00. The molecule has 1 atom stereocenters. The minimum absolute atomic E-state index is 0.227. The van der Waals surface area contributed by atoms with Crippen LogP contribution in [0.1, 0.15) is 18.9 Å². The molecule has 1 aromatic rings. The van der Waals surface area contributed by atoms with E-state index in [-0.39, 0.29) is 6.10 Å². The van der Waals surface area contributed by atoms with Gasteiger partial charge < -0.3 is 15.3 Å². The summed E-state index contributed by atoms with van der Waals surface area (Å²) in [6.07, 6.45) is 1.49. The van der Waals surface area contributed by atoms with Crippen molar-refractivity contribution in [1.82, 2.24) is 10.2 Å². The normalized spacial score (nSPS) is 19.4. The highest BCUT2D eigenvalue weighted by molar-refractivity contribution is 6.30. The van der Waals surface area contributed by atoms with Gasteiger partial charge in [-0.15, -0.1) is 0 Å². The molecule has 1 heterocycles. The summed E-state index contributed by atoms with van der Waals surface area (Å²) < 4.78 is 0. The summed E-state index contributed by atoms with van der Waals surface area (Å²) in [5.74, 6) is 0.901. The van der Waals surface area contributed by atoms with Crippen molar-refractivity contribution in [3.63, 3.8) is 0 Å². The molecule has 1 aliphatic heterocycles. The van der Waals surface area contributed by atoms with Gasteiger partial charge in [0.1, 0.15) is 0 Å². The van der Waals surface area contributed by atoms with Gasteiger partial charge in [-0.2, -0.15) is 0 Å². The predicted octanol–water partition coefficient (Wildman–Crippen LogP) is 1.91. The number of aliphatic hydroxyl groups is 1. The number of nitrogens with one attached hydrogen (secondary N) is 1. The number of aliphatic imine (C=N–C) groups is 1. The number of hydrogen-bond acceptors (Lipinski definition) is 2.